The molecule has 1 aliphatic heterocycles. The van der Waals surface area contributed by atoms with Crippen LogP contribution in [-0.4, -0.2) is 51.6 Å². The van der Waals surface area contributed by atoms with Crippen LogP contribution >= 0.6 is 0 Å². The maximum Gasteiger partial charge on any atom is 0.259 e. The molecule has 0 bridgehead atoms. The molecule has 2 aromatic heterocycles. The highest BCUT2D eigenvalue weighted by atomic mass is 16.2. The second-order valence-corrected chi connectivity index (χ2v) is 8.99. The zero-order valence-electron chi connectivity index (χ0n) is 19.7. The van der Waals surface area contributed by atoms with Crippen LogP contribution < -0.4 is 4.90 Å². The number of fused-ring (bicyclic) bond motifs is 1. The lowest BCUT2D eigenvalue weighted by molar-refractivity contribution is 0.0748. The van der Waals surface area contributed by atoms with Crippen molar-refractivity contribution >= 4 is 17.2 Å². The summed E-state index contributed by atoms with van der Waals surface area (Å²) in [6.45, 7) is 11.5. The van der Waals surface area contributed by atoms with Crippen LogP contribution in [0.1, 0.15) is 32.6 Å². The van der Waals surface area contributed by atoms with Gasteiger partial charge in [-0.3, -0.25) is 4.79 Å². The lowest BCUT2D eigenvalue weighted by Gasteiger charge is -2.36. The monoisotopic (exact) mass is 439 g/mol. The number of carbonyl (C=O) groups excluding carboxylic acids is 1. The zero-order valence-corrected chi connectivity index (χ0v) is 19.7. The average Bonchev–Trinajstić information content (AvgIpc) is 3.26. The minimum atomic E-state index is -0.00430. The van der Waals surface area contributed by atoms with Gasteiger partial charge in [0, 0.05) is 43.6 Å². The van der Waals surface area contributed by atoms with Crippen molar-refractivity contribution in [3.05, 3.63) is 82.7 Å². The third kappa shape index (κ3) is 3.86. The maximum atomic E-state index is 13.4. The van der Waals surface area contributed by atoms with Gasteiger partial charge in [0.1, 0.15) is 5.56 Å². The number of amides is 1. The largest absolute Gasteiger partial charge is 0.368 e. The molecule has 1 fully saturated rings. The van der Waals surface area contributed by atoms with E-state index in [2.05, 4.69) is 79.1 Å². The molecule has 1 saturated heterocycles. The minimum Gasteiger partial charge on any atom is -0.368 e. The highest BCUT2D eigenvalue weighted by Crippen LogP contribution is 2.26. The summed E-state index contributed by atoms with van der Waals surface area (Å²) in [5.41, 5.74) is 9.42. The average molecular weight is 440 g/mol. The van der Waals surface area contributed by atoms with Gasteiger partial charge in [0.2, 0.25) is 0 Å². The fraction of sp³-hybridized carbons (Fsp3) is 0.296. The van der Waals surface area contributed by atoms with Crippen molar-refractivity contribution in [2.24, 2.45) is 0 Å². The van der Waals surface area contributed by atoms with Gasteiger partial charge in [-0.1, -0.05) is 24.3 Å². The second kappa shape index (κ2) is 8.35. The molecule has 1 amide bonds. The van der Waals surface area contributed by atoms with Crippen LogP contribution in [0.25, 0.3) is 16.9 Å². The molecule has 4 aromatic rings. The number of anilines is 1. The Kier molecular flexibility index (Phi) is 5.36. The first kappa shape index (κ1) is 21.2. The van der Waals surface area contributed by atoms with Crippen molar-refractivity contribution in [2.45, 2.75) is 27.7 Å². The molecule has 0 saturated carbocycles. The standard InChI is InChI=1S/C27H29N5O/c1-18-5-6-20(3)25(15-18)30-11-13-31(14-12-30)27(33)23-17-29-32-24(9-10-28-26(23)32)22-8-7-19(2)21(4)16-22/h5-10,15-17H,11-14H2,1-4H3. The van der Waals surface area contributed by atoms with Crippen LogP contribution in [0.5, 0.6) is 0 Å². The first-order chi connectivity index (χ1) is 15.9. The predicted octanol–water partition coefficient (Wildman–Crippen LogP) is 4.59. The third-order valence-electron chi connectivity index (χ3n) is 6.71. The number of aromatic nitrogens is 3. The fourth-order valence-corrected chi connectivity index (χ4v) is 4.54. The zero-order chi connectivity index (χ0) is 23.1. The van der Waals surface area contributed by atoms with Crippen molar-refractivity contribution in [2.75, 3.05) is 31.1 Å². The molecule has 0 aliphatic carbocycles. The number of piperazine rings is 1. The van der Waals surface area contributed by atoms with Gasteiger partial charge in [-0.15, -0.1) is 0 Å². The molecule has 6 heteroatoms. The van der Waals surface area contributed by atoms with E-state index in [1.165, 1.54) is 27.9 Å². The molecule has 6 nitrogen and oxygen atoms in total. The lowest BCUT2D eigenvalue weighted by Crippen LogP contribution is -2.49. The number of rotatable bonds is 3. The Morgan fingerprint density at radius 3 is 2.36 bits per heavy atom. The topological polar surface area (TPSA) is 53.7 Å². The van der Waals surface area contributed by atoms with Crippen LogP contribution in [0.2, 0.25) is 0 Å². The summed E-state index contributed by atoms with van der Waals surface area (Å²) in [4.78, 5) is 22.2. The Morgan fingerprint density at radius 1 is 0.848 bits per heavy atom. The quantitative estimate of drug-likeness (QED) is 0.468. The number of hydrogen-bond acceptors (Lipinski definition) is 4. The summed E-state index contributed by atoms with van der Waals surface area (Å²) < 4.78 is 1.78. The van der Waals surface area contributed by atoms with Crippen LogP contribution in [0.15, 0.2) is 54.9 Å². The van der Waals surface area contributed by atoms with Gasteiger partial charge >= 0.3 is 0 Å². The number of aryl methyl sites for hydroxylation is 4. The van der Waals surface area contributed by atoms with Crippen molar-refractivity contribution in [1.82, 2.24) is 19.5 Å². The van der Waals surface area contributed by atoms with Gasteiger partial charge in [-0.2, -0.15) is 5.10 Å². The Bertz CT molecular complexity index is 1350. The summed E-state index contributed by atoms with van der Waals surface area (Å²) in [7, 11) is 0. The summed E-state index contributed by atoms with van der Waals surface area (Å²) >= 11 is 0. The Hall–Kier alpha value is -3.67. The smallest absolute Gasteiger partial charge is 0.259 e. The highest BCUT2D eigenvalue weighted by Gasteiger charge is 2.26. The minimum absolute atomic E-state index is 0.00430. The molecule has 0 atom stereocenters. The molecule has 3 heterocycles. The van der Waals surface area contributed by atoms with Gasteiger partial charge in [-0.05, 0) is 68.1 Å². The molecule has 0 radical (unpaired) electrons. The van der Waals surface area contributed by atoms with Crippen molar-refractivity contribution in [1.29, 1.82) is 0 Å². The van der Waals surface area contributed by atoms with Gasteiger partial charge in [0.15, 0.2) is 5.65 Å². The van der Waals surface area contributed by atoms with Crippen LogP contribution in [-0.2, 0) is 0 Å². The Labute approximate surface area is 194 Å². The van der Waals surface area contributed by atoms with E-state index in [1.54, 1.807) is 16.9 Å². The van der Waals surface area contributed by atoms with E-state index < -0.39 is 0 Å². The molecule has 2 aromatic carbocycles. The molecule has 0 N–H and O–H groups in total. The van der Waals surface area contributed by atoms with Gasteiger partial charge in [0.25, 0.3) is 5.91 Å². The number of nitrogens with zero attached hydrogens (tertiary/aromatic N) is 5. The summed E-state index contributed by atoms with van der Waals surface area (Å²) in [6, 6.07) is 14.8. The van der Waals surface area contributed by atoms with E-state index in [-0.39, 0.29) is 5.91 Å². The molecule has 168 valence electrons. The number of carbonyl (C=O) groups is 1. The summed E-state index contributed by atoms with van der Waals surface area (Å²) in [5.74, 6) is -0.00430. The van der Waals surface area contributed by atoms with Crippen LogP contribution in [0, 0.1) is 27.7 Å². The van der Waals surface area contributed by atoms with Crippen molar-refractivity contribution < 1.29 is 4.79 Å². The van der Waals surface area contributed by atoms with Gasteiger partial charge in [0.05, 0.1) is 11.9 Å². The van der Waals surface area contributed by atoms with Crippen molar-refractivity contribution in [3.8, 4) is 11.3 Å². The molecular weight excluding hydrogens is 410 g/mol. The molecular formula is C27H29N5O. The van der Waals surface area contributed by atoms with Crippen LogP contribution in [0.4, 0.5) is 5.69 Å². The van der Waals surface area contributed by atoms with E-state index in [4.69, 9.17) is 0 Å². The van der Waals surface area contributed by atoms with E-state index in [9.17, 15) is 4.79 Å². The number of hydrogen-bond donors (Lipinski definition) is 0. The SMILES string of the molecule is Cc1ccc(C)c(N2CCN(C(=O)c3cnn4c(-c5ccc(C)c(C)c5)ccnc34)CC2)c1. The predicted molar refractivity (Wildman–Crippen MR) is 132 cm³/mol. The maximum absolute atomic E-state index is 13.4. The lowest BCUT2D eigenvalue weighted by atomic mass is 10.0. The fourth-order valence-electron chi connectivity index (χ4n) is 4.54. The first-order valence-electron chi connectivity index (χ1n) is 11.4. The molecule has 5 rings (SSSR count). The number of benzene rings is 2. The van der Waals surface area contributed by atoms with E-state index >= 15 is 0 Å². The normalized spacial score (nSPS) is 14.2. The molecule has 0 unspecified atom stereocenters. The van der Waals surface area contributed by atoms with Crippen molar-refractivity contribution in [3.63, 3.8) is 0 Å². The molecule has 1 aliphatic rings. The van der Waals surface area contributed by atoms with Crippen LogP contribution in [0.3, 0.4) is 0 Å². The summed E-state index contributed by atoms with van der Waals surface area (Å²) in [5, 5.41) is 4.54. The van der Waals surface area contributed by atoms with E-state index in [1.807, 2.05) is 11.0 Å². The van der Waals surface area contributed by atoms with E-state index in [0.29, 0.717) is 24.3 Å². The first-order valence-corrected chi connectivity index (χ1v) is 11.4. The Balaban J connectivity index is 1.38. The Morgan fingerprint density at radius 2 is 1.61 bits per heavy atom. The molecule has 33 heavy (non-hydrogen) atoms. The third-order valence-corrected chi connectivity index (χ3v) is 6.71. The summed E-state index contributed by atoms with van der Waals surface area (Å²) in [6.07, 6.45) is 3.42. The second-order valence-electron chi connectivity index (χ2n) is 8.99. The van der Waals surface area contributed by atoms with Gasteiger partial charge < -0.3 is 9.80 Å². The van der Waals surface area contributed by atoms with E-state index in [0.717, 1.165) is 24.3 Å². The highest BCUT2D eigenvalue weighted by molar-refractivity contribution is 6.00. The molecule has 0 spiro atoms. The van der Waals surface area contributed by atoms with Gasteiger partial charge in [-0.25, -0.2) is 9.50 Å².